The lowest BCUT2D eigenvalue weighted by atomic mass is 10.3. The van der Waals surface area contributed by atoms with Crippen LogP contribution in [-0.4, -0.2) is 50.9 Å². The van der Waals surface area contributed by atoms with Crippen molar-refractivity contribution in [2.75, 3.05) is 33.0 Å². The van der Waals surface area contributed by atoms with E-state index < -0.39 is 24.5 Å². The van der Waals surface area contributed by atoms with Crippen LogP contribution in [0.5, 0.6) is 0 Å². The number of rotatable bonds is 16. The fourth-order valence-corrected chi connectivity index (χ4v) is 1.74. The van der Waals surface area contributed by atoms with Gasteiger partial charge in [0, 0.05) is 6.92 Å². The quantitative estimate of drug-likeness (QED) is 0.237. The monoisotopic (exact) mass is 362 g/mol. The van der Waals surface area contributed by atoms with Gasteiger partial charge < -0.3 is 23.7 Å². The maximum absolute atomic E-state index is 11.7. The fraction of sp³-hybridized carbons (Fsp3) is 0.889. The number of carbonyl (C=O) groups excluding carboxylic acids is 2. The maximum Gasteiger partial charge on any atom is 0.344 e. The van der Waals surface area contributed by atoms with Crippen molar-refractivity contribution in [1.82, 2.24) is 0 Å². The van der Waals surface area contributed by atoms with E-state index in [2.05, 4.69) is 25.5 Å². The molecular formula is C18H34O7. The van der Waals surface area contributed by atoms with E-state index in [4.69, 9.17) is 18.9 Å². The van der Waals surface area contributed by atoms with E-state index in [0.717, 1.165) is 38.5 Å². The van der Waals surface area contributed by atoms with Crippen LogP contribution in [-0.2, 0) is 33.3 Å². The molecule has 148 valence electrons. The third-order valence-electron chi connectivity index (χ3n) is 3.26. The van der Waals surface area contributed by atoms with Crippen molar-refractivity contribution in [3.8, 4) is 0 Å². The molecule has 0 saturated carbocycles. The summed E-state index contributed by atoms with van der Waals surface area (Å²) in [5.74, 6) is -2.62. The van der Waals surface area contributed by atoms with E-state index in [9.17, 15) is 9.59 Å². The van der Waals surface area contributed by atoms with E-state index in [-0.39, 0.29) is 6.61 Å². The molecule has 0 aromatic heterocycles. The molecular weight excluding hydrogens is 328 g/mol. The third kappa shape index (κ3) is 12.8. The summed E-state index contributed by atoms with van der Waals surface area (Å²) in [4.78, 5) is 22.5. The fourth-order valence-electron chi connectivity index (χ4n) is 1.74. The molecule has 0 aromatic carbocycles. The standard InChI is InChI=1S/C18H34O7/c1-5-8-11-23-18(24-12-9-6-2,25-13-10-7-3)15-22-17(20)14-21-16(4)19/h5-15H2,1-4H3. The zero-order valence-electron chi connectivity index (χ0n) is 16.1. The number of hydrogen-bond acceptors (Lipinski definition) is 7. The molecule has 0 rings (SSSR count). The molecule has 0 aliphatic rings. The Kier molecular flexibility index (Phi) is 14.4. The first-order chi connectivity index (χ1) is 12.0. The van der Waals surface area contributed by atoms with Crippen molar-refractivity contribution in [1.29, 1.82) is 0 Å². The van der Waals surface area contributed by atoms with Crippen molar-refractivity contribution in [2.45, 2.75) is 72.2 Å². The molecule has 0 bridgehead atoms. The van der Waals surface area contributed by atoms with Crippen LogP contribution in [0, 0.1) is 0 Å². The van der Waals surface area contributed by atoms with Crippen LogP contribution in [0.1, 0.15) is 66.2 Å². The topological polar surface area (TPSA) is 80.3 Å². The Hall–Kier alpha value is -1.18. The summed E-state index contributed by atoms with van der Waals surface area (Å²) in [5.41, 5.74) is 0. The first kappa shape index (κ1) is 23.8. The van der Waals surface area contributed by atoms with Gasteiger partial charge in [-0.25, -0.2) is 4.79 Å². The van der Waals surface area contributed by atoms with Crippen LogP contribution in [0.3, 0.4) is 0 Å². The van der Waals surface area contributed by atoms with E-state index in [1.54, 1.807) is 0 Å². The summed E-state index contributed by atoms with van der Waals surface area (Å²) in [6.45, 7) is 8.07. The molecule has 0 aliphatic carbocycles. The van der Waals surface area contributed by atoms with E-state index in [1.165, 1.54) is 6.92 Å². The zero-order valence-corrected chi connectivity index (χ0v) is 16.1. The number of esters is 2. The predicted octanol–water partition coefficient (Wildman–Crippen LogP) is 3.20. The average Bonchev–Trinajstić information content (AvgIpc) is 2.58. The second-order valence-corrected chi connectivity index (χ2v) is 5.73. The molecule has 0 N–H and O–H groups in total. The van der Waals surface area contributed by atoms with Gasteiger partial charge in [-0.15, -0.1) is 0 Å². The molecule has 7 nitrogen and oxygen atoms in total. The zero-order chi connectivity index (χ0) is 19.0. The Morgan fingerprint density at radius 1 is 0.760 bits per heavy atom. The molecule has 0 radical (unpaired) electrons. The van der Waals surface area contributed by atoms with Gasteiger partial charge in [-0.05, 0) is 19.3 Å². The Balaban J connectivity index is 4.79. The van der Waals surface area contributed by atoms with Crippen LogP contribution in [0.2, 0.25) is 0 Å². The van der Waals surface area contributed by atoms with Gasteiger partial charge in [-0.2, -0.15) is 0 Å². The van der Waals surface area contributed by atoms with Crippen molar-refractivity contribution in [3.63, 3.8) is 0 Å². The largest absolute Gasteiger partial charge is 0.455 e. The van der Waals surface area contributed by atoms with Crippen LogP contribution in [0.15, 0.2) is 0 Å². The molecule has 25 heavy (non-hydrogen) atoms. The number of ether oxygens (including phenoxy) is 5. The molecule has 0 fully saturated rings. The molecule has 0 heterocycles. The number of unbranched alkanes of at least 4 members (excludes halogenated alkanes) is 3. The van der Waals surface area contributed by atoms with Crippen molar-refractivity contribution >= 4 is 11.9 Å². The first-order valence-corrected chi connectivity index (χ1v) is 9.20. The average molecular weight is 362 g/mol. The van der Waals surface area contributed by atoms with Gasteiger partial charge in [0.25, 0.3) is 0 Å². The lowest BCUT2D eigenvalue weighted by Gasteiger charge is -2.32. The number of carbonyl (C=O) groups is 2. The third-order valence-corrected chi connectivity index (χ3v) is 3.26. The van der Waals surface area contributed by atoms with Crippen molar-refractivity contribution < 1.29 is 33.3 Å². The highest BCUT2D eigenvalue weighted by Gasteiger charge is 2.35. The molecule has 0 unspecified atom stereocenters. The van der Waals surface area contributed by atoms with Crippen LogP contribution in [0.25, 0.3) is 0 Å². The first-order valence-electron chi connectivity index (χ1n) is 9.20. The number of hydrogen-bond donors (Lipinski definition) is 0. The Morgan fingerprint density at radius 3 is 1.56 bits per heavy atom. The lowest BCUT2D eigenvalue weighted by Crippen LogP contribution is -2.45. The molecule has 0 atom stereocenters. The minimum Gasteiger partial charge on any atom is -0.455 e. The van der Waals surface area contributed by atoms with Gasteiger partial charge in [0.2, 0.25) is 0 Å². The minimum atomic E-state index is -1.41. The summed E-state index contributed by atoms with van der Waals surface area (Å²) >= 11 is 0. The molecule has 0 amide bonds. The summed E-state index contributed by atoms with van der Waals surface area (Å²) in [6, 6.07) is 0. The second-order valence-electron chi connectivity index (χ2n) is 5.73. The Morgan fingerprint density at radius 2 is 1.20 bits per heavy atom. The van der Waals surface area contributed by atoms with Crippen LogP contribution in [0.4, 0.5) is 0 Å². The van der Waals surface area contributed by atoms with Gasteiger partial charge in [0.1, 0.15) is 0 Å². The van der Waals surface area contributed by atoms with Gasteiger partial charge in [0.05, 0.1) is 19.8 Å². The summed E-state index contributed by atoms with van der Waals surface area (Å²) in [7, 11) is 0. The molecule has 0 aromatic rings. The SMILES string of the molecule is CCCCOC(COC(=O)COC(C)=O)(OCCCC)OCCCC. The summed E-state index contributed by atoms with van der Waals surface area (Å²) in [6.07, 6.45) is 5.43. The summed E-state index contributed by atoms with van der Waals surface area (Å²) in [5, 5.41) is 0. The molecule has 0 spiro atoms. The van der Waals surface area contributed by atoms with Crippen LogP contribution < -0.4 is 0 Å². The second kappa shape index (κ2) is 15.1. The van der Waals surface area contributed by atoms with E-state index in [1.807, 2.05) is 0 Å². The Bertz CT molecular complexity index is 331. The van der Waals surface area contributed by atoms with Gasteiger partial charge in [0.15, 0.2) is 13.2 Å². The predicted molar refractivity (Wildman–Crippen MR) is 92.9 cm³/mol. The highest BCUT2D eigenvalue weighted by Crippen LogP contribution is 2.19. The van der Waals surface area contributed by atoms with Crippen molar-refractivity contribution in [2.24, 2.45) is 0 Å². The normalized spacial score (nSPS) is 11.4. The van der Waals surface area contributed by atoms with E-state index in [0.29, 0.717) is 19.8 Å². The highest BCUT2D eigenvalue weighted by molar-refractivity contribution is 5.75. The van der Waals surface area contributed by atoms with E-state index >= 15 is 0 Å². The highest BCUT2D eigenvalue weighted by atomic mass is 16.9. The molecule has 7 heteroatoms. The molecule has 0 saturated heterocycles. The maximum atomic E-state index is 11.7. The Labute approximate surface area is 151 Å². The summed E-state index contributed by atoms with van der Waals surface area (Å²) < 4.78 is 27.2. The van der Waals surface area contributed by atoms with Gasteiger partial charge >= 0.3 is 17.9 Å². The lowest BCUT2D eigenvalue weighted by molar-refractivity contribution is -0.392. The minimum absolute atomic E-state index is 0.204. The van der Waals surface area contributed by atoms with Gasteiger partial charge in [-0.3, -0.25) is 4.79 Å². The van der Waals surface area contributed by atoms with Crippen LogP contribution >= 0.6 is 0 Å². The van der Waals surface area contributed by atoms with Crippen molar-refractivity contribution in [3.05, 3.63) is 0 Å². The smallest absolute Gasteiger partial charge is 0.344 e. The van der Waals surface area contributed by atoms with Gasteiger partial charge in [-0.1, -0.05) is 40.0 Å². The molecule has 0 aliphatic heterocycles.